The first-order valence-electron chi connectivity index (χ1n) is 13.6. The Kier molecular flexibility index (Phi) is 7.40. The lowest BCUT2D eigenvalue weighted by molar-refractivity contribution is 0.0926. The number of carbonyl (C=O) groups excluding carboxylic acids is 2. The van der Waals surface area contributed by atoms with Gasteiger partial charge in [0.15, 0.2) is 4.80 Å². The summed E-state index contributed by atoms with van der Waals surface area (Å²) in [7, 11) is 0. The van der Waals surface area contributed by atoms with Gasteiger partial charge in [-0.05, 0) is 48.6 Å². The molecule has 40 heavy (non-hydrogen) atoms. The molecule has 200 valence electrons. The summed E-state index contributed by atoms with van der Waals surface area (Å²) in [5, 5.41) is 13.5. The van der Waals surface area contributed by atoms with Crippen molar-refractivity contribution < 1.29 is 14.7 Å². The van der Waals surface area contributed by atoms with Crippen LogP contribution in [-0.4, -0.2) is 28.1 Å². The van der Waals surface area contributed by atoms with Crippen molar-refractivity contribution in [3.05, 3.63) is 112 Å². The first-order valence-corrected chi connectivity index (χ1v) is 14.4. The predicted octanol–water partition coefficient (Wildman–Crippen LogP) is 6.96. The average Bonchev–Trinajstić information content (AvgIpc) is 3.50. The number of benzene rings is 4. The van der Waals surface area contributed by atoms with Gasteiger partial charge in [-0.3, -0.25) is 9.59 Å². The van der Waals surface area contributed by atoms with E-state index < -0.39 is 0 Å². The molecule has 6 rings (SSSR count). The number of aliphatic hydroxyl groups excluding tert-OH is 1. The first-order chi connectivity index (χ1) is 19.7. The van der Waals surface area contributed by atoms with E-state index >= 15 is 0 Å². The topological polar surface area (TPSA) is 74.9 Å². The zero-order valence-electron chi connectivity index (χ0n) is 22.0. The SMILES string of the molecule is O=C1c2ccccc2C(=O)N1c1cccc(-c2csc(=Nc3cccc4ccccc34)n2CCCCCCO)c1. The van der Waals surface area contributed by atoms with Crippen molar-refractivity contribution >= 4 is 45.3 Å². The molecule has 0 fully saturated rings. The van der Waals surface area contributed by atoms with Gasteiger partial charge in [-0.1, -0.05) is 73.5 Å². The molecule has 1 N–H and O–H groups in total. The summed E-state index contributed by atoms with van der Waals surface area (Å²) in [6.45, 7) is 0.980. The number of thiazole rings is 1. The maximum absolute atomic E-state index is 13.1. The minimum absolute atomic E-state index is 0.211. The average molecular weight is 548 g/mol. The van der Waals surface area contributed by atoms with Crippen molar-refractivity contribution in [2.24, 2.45) is 4.99 Å². The molecule has 0 unspecified atom stereocenters. The molecule has 0 radical (unpaired) electrons. The van der Waals surface area contributed by atoms with Crippen LogP contribution in [0.2, 0.25) is 0 Å². The van der Waals surface area contributed by atoms with E-state index in [1.54, 1.807) is 41.7 Å². The van der Waals surface area contributed by atoms with Crippen LogP contribution in [-0.2, 0) is 6.54 Å². The van der Waals surface area contributed by atoms with Crippen LogP contribution in [0.5, 0.6) is 0 Å². The molecule has 6 nitrogen and oxygen atoms in total. The molecular weight excluding hydrogens is 518 g/mol. The molecule has 4 aromatic carbocycles. The Morgan fingerprint density at radius 3 is 2.25 bits per heavy atom. The zero-order valence-corrected chi connectivity index (χ0v) is 22.8. The second-order valence-corrected chi connectivity index (χ2v) is 10.7. The highest BCUT2D eigenvalue weighted by atomic mass is 32.1. The van der Waals surface area contributed by atoms with Crippen LogP contribution in [0, 0.1) is 0 Å². The van der Waals surface area contributed by atoms with E-state index in [1.165, 1.54) is 4.90 Å². The van der Waals surface area contributed by atoms with Gasteiger partial charge in [0, 0.05) is 29.5 Å². The fourth-order valence-electron chi connectivity index (χ4n) is 5.24. The number of fused-ring (bicyclic) bond motifs is 2. The Morgan fingerprint density at radius 2 is 1.45 bits per heavy atom. The summed E-state index contributed by atoms with van der Waals surface area (Å²) in [5.74, 6) is -0.599. The van der Waals surface area contributed by atoms with E-state index in [1.807, 2.05) is 42.5 Å². The van der Waals surface area contributed by atoms with Crippen molar-refractivity contribution in [2.75, 3.05) is 11.5 Å². The van der Waals surface area contributed by atoms with Crippen molar-refractivity contribution in [3.63, 3.8) is 0 Å². The number of aromatic nitrogens is 1. The highest BCUT2D eigenvalue weighted by Gasteiger charge is 2.36. The quantitative estimate of drug-likeness (QED) is 0.160. The molecule has 1 aliphatic rings. The van der Waals surface area contributed by atoms with Gasteiger partial charge in [-0.2, -0.15) is 0 Å². The summed E-state index contributed by atoms with van der Waals surface area (Å²) in [5.41, 5.74) is 4.24. The minimum atomic E-state index is -0.300. The summed E-state index contributed by atoms with van der Waals surface area (Å²) >= 11 is 1.58. The Morgan fingerprint density at radius 1 is 0.750 bits per heavy atom. The van der Waals surface area contributed by atoms with Crippen LogP contribution in [0.4, 0.5) is 11.4 Å². The lowest BCUT2D eigenvalue weighted by atomic mass is 10.1. The summed E-state index contributed by atoms with van der Waals surface area (Å²) in [6, 6.07) is 29.0. The number of hydrogen-bond acceptors (Lipinski definition) is 5. The number of carbonyl (C=O) groups is 2. The smallest absolute Gasteiger partial charge is 0.266 e. The maximum Gasteiger partial charge on any atom is 0.266 e. The van der Waals surface area contributed by atoms with Crippen LogP contribution >= 0.6 is 11.3 Å². The van der Waals surface area contributed by atoms with Crippen LogP contribution in [0.3, 0.4) is 0 Å². The van der Waals surface area contributed by atoms with E-state index in [4.69, 9.17) is 4.99 Å². The van der Waals surface area contributed by atoms with E-state index in [0.29, 0.717) is 16.8 Å². The number of hydrogen-bond donors (Lipinski definition) is 1. The van der Waals surface area contributed by atoms with E-state index in [9.17, 15) is 14.7 Å². The second-order valence-electron chi connectivity index (χ2n) is 9.84. The van der Waals surface area contributed by atoms with Gasteiger partial charge in [0.05, 0.1) is 28.2 Å². The van der Waals surface area contributed by atoms with Crippen LogP contribution < -0.4 is 9.70 Å². The van der Waals surface area contributed by atoms with E-state index in [-0.39, 0.29) is 18.4 Å². The largest absolute Gasteiger partial charge is 0.396 e. The fraction of sp³-hybridized carbons (Fsp3) is 0.182. The van der Waals surface area contributed by atoms with E-state index in [0.717, 1.165) is 64.7 Å². The van der Waals surface area contributed by atoms with Crippen molar-refractivity contribution in [2.45, 2.75) is 32.2 Å². The summed E-state index contributed by atoms with van der Waals surface area (Å²) in [6.07, 6.45) is 3.73. The van der Waals surface area contributed by atoms with Gasteiger partial charge < -0.3 is 9.67 Å². The number of rotatable bonds is 9. The summed E-state index contributed by atoms with van der Waals surface area (Å²) < 4.78 is 2.23. The monoisotopic (exact) mass is 547 g/mol. The lowest BCUT2D eigenvalue weighted by Crippen LogP contribution is -2.29. The standard InChI is InChI=1S/C33H29N3O3S/c37-20-8-2-1-7-19-35-30(22-40-33(35)34-29-18-10-12-23-11-3-4-15-26(23)29)24-13-9-14-25(21-24)36-31(38)27-16-5-6-17-28(27)32(36)39/h3-6,9-18,21-22,37H,1-2,7-8,19-20H2. The van der Waals surface area contributed by atoms with Crippen molar-refractivity contribution in [3.8, 4) is 11.3 Å². The zero-order chi connectivity index (χ0) is 27.5. The van der Waals surface area contributed by atoms with Crippen molar-refractivity contribution in [1.29, 1.82) is 0 Å². The highest BCUT2D eigenvalue weighted by Crippen LogP contribution is 2.32. The second kappa shape index (κ2) is 11.4. The lowest BCUT2D eigenvalue weighted by Gasteiger charge is -2.16. The third-order valence-electron chi connectivity index (χ3n) is 7.26. The van der Waals surface area contributed by atoms with Crippen molar-refractivity contribution in [1.82, 2.24) is 4.57 Å². The number of anilines is 1. The van der Waals surface area contributed by atoms with Gasteiger partial charge in [-0.15, -0.1) is 11.3 Å². The summed E-state index contributed by atoms with van der Waals surface area (Å²) in [4.78, 5) is 33.5. The third kappa shape index (κ3) is 4.90. The number of amides is 2. The molecule has 0 saturated carbocycles. The Bertz CT molecular complexity index is 1750. The normalized spacial score (nSPS) is 13.4. The van der Waals surface area contributed by atoms with Gasteiger partial charge in [-0.25, -0.2) is 9.89 Å². The fourth-order valence-corrected chi connectivity index (χ4v) is 6.19. The number of nitrogens with zero attached hydrogens (tertiary/aromatic N) is 3. The first kappa shape index (κ1) is 25.9. The van der Waals surface area contributed by atoms with Crippen LogP contribution in [0.15, 0.2) is 101 Å². The molecule has 0 bridgehead atoms. The molecule has 1 aromatic heterocycles. The molecule has 5 aromatic rings. The molecule has 2 amide bonds. The van der Waals surface area contributed by atoms with E-state index in [2.05, 4.69) is 28.1 Å². The third-order valence-corrected chi connectivity index (χ3v) is 8.13. The molecular formula is C33H29N3O3S. The molecule has 1 aliphatic heterocycles. The minimum Gasteiger partial charge on any atom is -0.396 e. The molecule has 7 heteroatoms. The Hall–Kier alpha value is -4.33. The Balaban J connectivity index is 1.40. The van der Waals surface area contributed by atoms with Crippen LogP contribution in [0.25, 0.3) is 22.0 Å². The van der Waals surface area contributed by atoms with Crippen LogP contribution in [0.1, 0.15) is 46.4 Å². The molecule has 0 aliphatic carbocycles. The Labute approximate surface area is 236 Å². The number of imide groups is 1. The molecule has 0 spiro atoms. The molecule has 0 saturated heterocycles. The van der Waals surface area contributed by atoms with Gasteiger partial charge in [0.2, 0.25) is 0 Å². The molecule has 2 heterocycles. The van der Waals surface area contributed by atoms with Gasteiger partial charge >= 0.3 is 0 Å². The number of unbranched alkanes of at least 4 members (excludes halogenated alkanes) is 3. The predicted molar refractivity (Wildman–Crippen MR) is 160 cm³/mol. The highest BCUT2D eigenvalue weighted by molar-refractivity contribution is 7.07. The number of aliphatic hydroxyl groups is 1. The van der Waals surface area contributed by atoms with Gasteiger partial charge in [0.1, 0.15) is 0 Å². The van der Waals surface area contributed by atoms with Gasteiger partial charge in [0.25, 0.3) is 11.8 Å². The molecule has 0 atom stereocenters. The maximum atomic E-state index is 13.1.